The average molecular weight is 435 g/mol. The van der Waals surface area contributed by atoms with E-state index in [1.807, 2.05) is 0 Å². The Bertz CT molecular complexity index is 796. The van der Waals surface area contributed by atoms with Crippen LogP contribution in [0.4, 0.5) is 0 Å². The van der Waals surface area contributed by atoms with Crippen LogP contribution in [-0.2, 0) is 19.6 Å². The lowest BCUT2D eigenvalue weighted by Gasteiger charge is -2.37. The normalized spacial score (nSPS) is 24.7. The summed E-state index contributed by atoms with van der Waals surface area (Å²) >= 11 is 5.95. The van der Waals surface area contributed by atoms with Gasteiger partial charge in [-0.15, -0.1) is 0 Å². The van der Waals surface area contributed by atoms with Crippen molar-refractivity contribution in [1.29, 1.82) is 0 Å². The van der Waals surface area contributed by atoms with Gasteiger partial charge in [-0.25, -0.2) is 12.7 Å². The SMILES string of the molecule is O=C(C1COCCC1S(=O)(=O)N1CCC(Oc2cccc(Cl)c2)CC1)N(O)O. The molecule has 2 aliphatic heterocycles. The lowest BCUT2D eigenvalue weighted by Crippen LogP contribution is -2.53. The lowest BCUT2D eigenvalue weighted by atomic mass is 10.0. The first kappa shape index (κ1) is 21.3. The number of ether oxygens (including phenoxy) is 2. The zero-order valence-corrected chi connectivity index (χ0v) is 16.7. The summed E-state index contributed by atoms with van der Waals surface area (Å²) < 4.78 is 38.5. The molecule has 28 heavy (non-hydrogen) atoms. The van der Waals surface area contributed by atoms with Gasteiger partial charge in [0.05, 0.1) is 17.8 Å². The summed E-state index contributed by atoms with van der Waals surface area (Å²) in [4.78, 5) is 12.0. The summed E-state index contributed by atoms with van der Waals surface area (Å²) in [6.07, 6.45) is 0.979. The van der Waals surface area contributed by atoms with E-state index in [1.165, 1.54) is 4.31 Å². The van der Waals surface area contributed by atoms with Crippen LogP contribution in [0, 0.1) is 5.92 Å². The van der Waals surface area contributed by atoms with Gasteiger partial charge in [0.1, 0.15) is 11.9 Å². The first-order chi connectivity index (χ1) is 13.3. The molecule has 156 valence electrons. The number of nitrogens with zero attached hydrogens (tertiary/aromatic N) is 2. The lowest BCUT2D eigenvalue weighted by molar-refractivity contribution is -0.289. The Morgan fingerprint density at radius 3 is 2.61 bits per heavy atom. The number of hydrogen-bond acceptors (Lipinski definition) is 7. The molecule has 1 amide bonds. The molecule has 3 rings (SSSR count). The Kier molecular flexibility index (Phi) is 6.79. The molecule has 2 aliphatic rings. The maximum Gasteiger partial charge on any atom is 0.279 e. The van der Waals surface area contributed by atoms with Crippen LogP contribution in [-0.4, -0.2) is 71.9 Å². The van der Waals surface area contributed by atoms with Crippen molar-refractivity contribution < 1.29 is 33.1 Å². The minimum atomic E-state index is -3.81. The molecule has 11 heteroatoms. The van der Waals surface area contributed by atoms with Crippen molar-refractivity contribution in [3.05, 3.63) is 29.3 Å². The van der Waals surface area contributed by atoms with Crippen LogP contribution in [0.25, 0.3) is 0 Å². The Morgan fingerprint density at radius 1 is 1.25 bits per heavy atom. The molecule has 2 heterocycles. The van der Waals surface area contributed by atoms with E-state index in [1.54, 1.807) is 24.3 Å². The molecule has 0 spiro atoms. The van der Waals surface area contributed by atoms with Gasteiger partial charge in [-0.3, -0.25) is 15.2 Å². The highest BCUT2D eigenvalue weighted by Crippen LogP contribution is 2.29. The zero-order valence-electron chi connectivity index (χ0n) is 15.1. The van der Waals surface area contributed by atoms with E-state index in [-0.39, 0.29) is 38.8 Å². The van der Waals surface area contributed by atoms with Gasteiger partial charge < -0.3 is 9.47 Å². The molecule has 2 saturated heterocycles. The van der Waals surface area contributed by atoms with E-state index in [0.29, 0.717) is 23.6 Å². The maximum absolute atomic E-state index is 13.1. The number of amides is 1. The van der Waals surface area contributed by atoms with E-state index in [9.17, 15) is 13.2 Å². The number of rotatable bonds is 5. The Hall–Kier alpha value is -1.43. The highest BCUT2D eigenvalue weighted by Gasteiger charge is 2.45. The molecule has 2 atom stereocenters. The second kappa shape index (κ2) is 8.93. The van der Waals surface area contributed by atoms with Gasteiger partial charge in [0.2, 0.25) is 10.0 Å². The van der Waals surface area contributed by atoms with Crippen LogP contribution in [0.3, 0.4) is 0 Å². The quantitative estimate of drug-likeness (QED) is 0.533. The van der Waals surface area contributed by atoms with Crippen molar-refractivity contribution in [3.8, 4) is 5.75 Å². The van der Waals surface area contributed by atoms with E-state index in [0.717, 1.165) is 0 Å². The van der Waals surface area contributed by atoms with Crippen LogP contribution in [0.1, 0.15) is 19.3 Å². The fourth-order valence-corrected chi connectivity index (χ4v) is 5.87. The summed E-state index contributed by atoms with van der Waals surface area (Å²) in [7, 11) is -3.81. The fourth-order valence-electron chi connectivity index (χ4n) is 3.58. The summed E-state index contributed by atoms with van der Waals surface area (Å²) in [6, 6.07) is 7.03. The van der Waals surface area contributed by atoms with Crippen molar-refractivity contribution in [1.82, 2.24) is 9.53 Å². The van der Waals surface area contributed by atoms with Crippen molar-refractivity contribution in [2.45, 2.75) is 30.6 Å². The van der Waals surface area contributed by atoms with E-state index < -0.39 is 32.3 Å². The predicted octanol–water partition coefficient (Wildman–Crippen LogP) is 1.53. The van der Waals surface area contributed by atoms with E-state index >= 15 is 0 Å². The minimum Gasteiger partial charge on any atom is -0.490 e. The van der Waals surface area contributed by atoms with Crippen molar-refractivity contribution in [2.75, 3.05) is 26.3 Å². The topological polar surface area (TPSA) is 117 Å². The minimum absolute atomic E-state index is 0.117. The average Bonchev–Trinajstić information content (AvgIpc) is 2.68. The number of carbonyl (C=O) groups is 1. The largest absolute Gasteiger partial charge is 0.490 e. The van der Waals surface area contributed by atoms with Crippen molar-refractivity contribution in [3.63, 3.8) is 0 Å². The van der Waals surface area contributed by atoms with Gasteiger partial charge in [-0.1, -0.05) is 22.9 Å². The van der Waals surface area contributed by atoms with Crippen LogP contribution >= 0.6 is 11.6 Å². The van der Waals surface area contributed by atoms with Gasteiger partial charge in [0, 0.05) is 24.7 Å². The first-order valence-electron chi connectivity index (χ1n) is 8.99. The zero-order chi connectivity index (χ0) is 20.3. The highest BCUT2D eigenvalue weighted by molar-refractivity contribution is 7.89. The molecule has 2 N–H and O–H groups in total. The smallest absolute Gasteiger partial charge is 0.279 e. The van der Waals surface area contributed by atoms with Gasteiger partial charge in [-0.05, 0) is 37.5 Å². The standard InChI is InChI=1S/C17H23ClN2O7S/c18-12-2-1-3-14(10-12)27-13-4-7-19(8-5-13)28(24,25)16-6-9-26-11-15(16)17(21)20(22)23/h1-3,10,13,15-16,22-23H,4-9,11H2. The third-order valence-electron chi connectivity index (χ3n) is 5.05. The number of carbonyl (C=O) groups excluding carboxylic acids is 1. The highest BCUT2D eigenvalue weighted by atomic mass is 35.5. The predicted molar refractivity (Wildman–Crippen MR) is 98.7 cm³/mol. The Labute approximate surface area is 168 Å². The van der Waals surface area contributed by atoms with Gasteiger partial charge >= 0.3 is 0 Å². The molecule has 0 radical (unpaired) electrons. The molecule has 1 aromatic rings. The number of halogens is 1. The van der Waals surface area contributed by atoms with Crippen LogP contribution in [0.5, 0.6) is 5.75 Å². The molecule has 2 fully saturated rings. The third kappa shape index (κ3) is 4.76. The fraction of sp³-hybridized carbons (Fsp3) is 0.588. The molecule has 1 aromatic carbocycles. The molecule has 0 aliphatic carbocycles. The number of hydroxylamine groups is 2. The molecule has 2 unspecified atom stereocenters. The maximum atomic E-state index is 13.1. The summed E-state index contributed by atoms with van der Waals surface area (Å²) in [5.74, 6) is -1.61. The van der Waals surface area contributed by atoms with Crippen LogP contribution in [0.2, 0.25) is 5.02 Å². The number of hydrogen-bond donors (Lipinski definition) is 2. The summed E-state index contributed by atoms with van der Waals surface area (Å²) in [6.45, 7) is 0.537. The second-order valence-corrected chi connectivity index (χ2v) is 9.44. The Morgan fingerprint density at radius 2 is 1.96 bits per heavy atom. The van der Waals surface area contributed by atoms with Crippen LogP contribution in [0.15, 0.2) is 24.3 Å². The number of sulfonamides is 1. The molecule has 0 aromatic heterocycles. The van der Waals surface area contributed by atoms with Gasteiger partial charge in [0.25, 0.3) is 5.91 Å². The summed E-state index contributed by atoms with van der Waals surface area (Å²) in [5.41, 5.74) is 0. The van der Waals surface area contributed by atoms with Crippen LogP contribution < -0.4 is 4.74 Å². The first-order valence-corrected chi connectivity index (χ1v) is 10.9. The van der Waals surface area contributed by atoms with E-state index in [2.05, 4.69) is 0 Å². The summed E-state index contributed by atoms with van der Waals surface area (Å²) in [5, 5.41) is 17.0. The second-order valence-electron chi connectivity index (χ2n) is 6.85. The monoisotopic (exact) mass is 434 g/mol. The van der Waals surface area contributed by atoms with E-state index in [4.69, 9.17) is 31.5 Å². The molecule has 9 nitrogen and oxygen atoms in total. The van der Waals surface area contributed by atoms with Crippen molar-refractivity contribution in [2.24, 2.45) is 5.92 Å². The van der Waals surface area contributed by atoms with Crippen molar-refractivity contribution >= 4 is 27.5 Å². The molecule has 0 saturated carbocycles. The third-order valence-corrected chi connectivity index (χ3v) is 7.70. The molecular weight excluding hydrogens is 412 g/mol. The molecule has 0 bridgehead atoms. The van der Waals surface area contributed by atoms with Gasteiger partial charge in [-0.2, -0.15) is 0 Å². The number of piperidine rings is 1. The number of benzene rings is 1. The Balaban J connectivity index is 1.64. The molecular formula is C17H23ClN2O7S. The van der Waals surface area contributed by atoms with Gasteiger partial charge in [0.15, 0.2) is 0 Å².